The van der Waals surface area contributed by atoms with E-state index in [1.165, 1.54) is 45.2 Å². The molecule has 1 saturated carbocycles. The van der Waals surface area contributed by atoms with Gasteiger partial charge in [0.05, 0.1) is 6.61 Å². The molecule has 1 aliphatic carbocycles. The van der Waals surface area contributed by atoms with E-state index in [9.17, 15) is 4.79 Å². The van der Waals surface area contributed by atoms with Crippen LogP contribution in [0.5, 0.6) is 5.75 Å². The molecule has 1 aromatic rings. The summed E-state index contributed by atoms with van der Waals surface area (Å²) in [7, 11) is 0. The van der Waals surface area contributed by atoms with E-state index in [4.69, 9.17) is 9.47 Å². The first-order valence-electron chi connectivity index (χ1n) is 10.7. The Bertz CT molecular complexity index is 569. The highest BCUT2D eigenvalue weighted by Crippen LogP contribution is 2.28. The Morgan fingerprint density at radius 1 is 1.11 bits per heavy atom. The predicted octanol–water partition coefficient (Wildman–Crippen LogP) is 5.21. The van der Waals surface area contributed by atoms with Gasteiger partial charge in [0.2, 0.25) is 0 Å². The number of hydrogen-bond acceptors (Lipinski definition) is 4. The van der Waals surface area contributed by atoms with Gasteiger partial charge in [0.25, 0.3) is 0 Å². The Balaban J connectivity index is 1.40. The molecule has 1 saturated heterocycles. The largest absolute Gasteiger partial charge is 0.494 e. The summed E-state index contributed by atoms with van der Waals surface area (Å²) in [6.45, 7) is 5.33. The molecule has 0 spiro atoms. The Hall–Kier alpha value is -1.75. The van der Waals surface area contributed by atoms with E-state index in [-0.39, 0.29) is 12.2 Å². The minimum Gasteiger partial charge on any atom is -0.494 e. The van der Waals surface area contributed by atoms with E-state index in [1.807, 2.05) is 24.3 Å². The SMILES string of the molecule is CCCCCOc1ccc(NC(=O)OC2CCCC(N3CCCC3)C2)cc1. The van der Waals surface area contributed by atoms with Gasteiger partial charge in [-0.05, 0) is 75.9 Å². The van der Waals surface area contributed by atoms with Crippen molar-refractivity contribution in [2.24, 2.45) is 0 Å². The van der Waals surface area contributed by atoms with Gasteiger partial charge in [-0.1, -0.05) is 19.8 Å². The Morgan fingerprint density at radius 2 is 1.89 bits per heavy atom. The Labute approximate surface area is 163 Å². The standard InChI is InChI=1S/C22H34N2O3/c1-2-3-6-16-26-20-12-10-18(11-13-20)23-22(25)27-21-9-7-8-19(17-21)24-14-4-5-15-24/h10-13,19,21H,2-9,14-17H2,1H3,(H,23,25). The molecule has 1 heterocycles. The number of amides is 1. The molecule has 150 valence electrons. The summed E-state index contributed by atoms with van der Waals surface area (Å²) in [5.74, 6) is 0.839. The zero-order valence-electron chi connectivity index (χ0n) is 16.6. The third kappa shape index (κ3) is 6.42. The number of unbranched alkanes of at least 4 members (excludes halogenated alkanes) is 2. The summed E-state index contributed by atoms with van der Waals surface area (Å²) in [6, 6.07) is 8.11. The molecule has 1 aromatic carbocycles. The molecular weight excluding hydrogens is 340 g/mol. The topological polar surface area (TPSA) is 50.8 Å². The molecule has 27 heavy (non-hydrogen) atoms. The van der Waals surface area contributed by atoms with Crippen LogP contribution in [-0.2, 0) is 4.74 Å². The zero-order chi connectivity index (χ0) is 18.9. The summed E-state index contributed by atoms with van der Waals surface area (Å²) in [5.41, 5.74) is 0.743. The van der Waals surface area contributed by atoms with E-state index in [0.29, 0.717) is 6.04 Å². The second-order valence-electron chi connectivity index (χ2n) is 7.80. The maximum absolute atomic E-state index is 12.3. The van der Waals surface area contributed by atoms with Crippen LogP contribution in [0.4, 0.5) is 10.5 Å². The fourth-order valence-corrected chi connectivity index (χ4v) is 4.14. The molecule has 2 atom stereocenters. The van der Waals surface area contributed by atoms with E-state index < -0.39 is 0 Å². The van der Waals surface area contributed by atoms with Gasteiger partial charge in [0.1, 0.15) is 11.9 Å². The predicted molar refractivity (Wildman–Crippen MR) is 108 cm³/mol. The highest BCUT2D eigenvalue weighted by atomic mass is 16.6. The van der Waals surface area contributed by atoms with E-state index in [0.717, 1.165) is 43.7 Å². The molecule has 1 amide bonds. The van der Waals surface area contributed by atoms with Crippen molar-refractivity contribution in [3.8, 4) is 5.75 Å². The molecule has 3 rings (SSSR count). The number of nitrogens with one attached hydrogen (secondary N) is 1. The van der Waals surface area contributed by atoms with Crippen molar-refractivity contribution >= 4 is 11.8 Å². The van der Waals surface area contributed by atoms with Gasteiger partial charge < -0.3 is 14.4 Å². The van der Waals surface area contributed by atoms with Crippen molar-refractivity contribution in [3.63, 3.8) is 0 Å². The van der Waals surface area contributed by atoms with Crippen molar-refractivity contribution in [2.75, 3.05) is 25.0 Å². The molecule has 2 aliphatic rings. The van der Waals surface area contributed by atoms with Gasteiger partial charge >= 0.3 is 6.09 Å². The second kappa shape index (κ2) is 10.5. The van der Waals surface area contributed by atoms with Crippen LogP contribution >= 0.6 is 0 Å². The number of carbonyl (C=O) groups is 1. The lowest BCUT2D eigenvalue weighted by atomic mass is 9.92. The number of anilines is 1. The van der Waals surface area contributed by atoms with Crippen LogP contribution in [0, 0.1) is 0 Å². The first kappa shape index (κ1) is 20.0. The maximum atomic E-state index is 12.3. The van der Waals surface area contributed by atoms with Crippen LogP contribution in [0.15, 0.2) is 24.3 Å². The number of likely N-dealkylation sites (tertiary alicyclic amines) is 1. The molecule has 1 N–H and O–H groups in total. The molecule has 0 radical (unpaired) electrons. The second-order valence-corrected chi connectivity index (χ2v) is 7.80. The molecule has 2 fully saturated rings. The summed E-state index contributed by atoms with van der Waals surface area (Å²) < 4.78 is 11.4. The van der Waals surface area contributed by atoms with Gasteiger partial charge in [-0.25, -0.2) is 4.79 Å². The molecule has 5 heteroatoms. The minimum atomic E-state index is -0.348. The first-order chi connectivity index (χ1) is 13.2. The third-order valence-corrected chi connectivity index (χ3v) is 5.65. The minimum absolute atomic E-state index is 0.0329. The van der Waals surface area contributed by atoms with Crippen molar-refractivity contribution < 1.29 is 14.3 Å². The normalized spacial score (nSPS) is 23.1. The van der Waals surface area contributed by atoms with Gasteiger partial charge in [-0.3, -0.25) is 5.32 Å². The number of hydrogen-bond donors (Lipinski definition) is 1. The fourth-order valence-electron chi connectivity index (χ4n) is 4.14. The molecule has 2 unspecified atom stereocenters. The van der Waals surface area contributed by atoms with Crippen LogP contribution < -0.4 is 10.1 Å². The summed E-state index contributed by atoms with van der Waals surface area (Å²) >= 11 is 0. The monoisotopic (exact) mass is 374 g/mol. The molecule has 0 aromatic heterocycles. The number of rotatable bonds is 8. The van der Waals surface area contributed by atoms with Gasteiger partial charge in [0, 0.05) is 18.2 Å². The van der Waals surface area contributed by atoms with Crippen LogP contribution in [-0.4, -0.2) is 42.8 Å². The summed E-state index contributed by atoms with van der Waals surface area (Å²) in [6.07, 6.45) is 10.1. The average molecular weight is 375 g/mol. The van der Waals surface area contributed by atoms with Crippen LogP contribution in [0.25, 0.3) is 0 Å². The van der Waals surface area contributed by atoms with Crippen molar-refractivity contribution in [3.05, 3.63) is 24.3 Å². The maximum Gasteiger partial charge on any atom is 0.411 e. The summed E-state index contributed by atoms with van der Waals surface area (Å²) in [4.78, 5) is 14.8. The summed E-state index contributed by atoms with van der Waals surface area (Å²) in [5, 5.41) is 2.85. The Morgan fingerprint density at radius 3 is 2.63 bits per heavy atom. The number of carbonyl (C=O) groups excluding carboxylic acids is 1. The van der Waals surface area contributed by atoms with Gasteiger partial charge in [0.15, 0.2) is 0 Å². The lowest BCUT2D eigenvalue weighted by molar-refractivity contribution is 0.0520. The third-order valence-electron chi connectivity index (χ3n) is 5.65. The van der Waals surface area contributed by atoms with Crippen LogP contribution in [0.3, 0.4) is 0 Å². The molecule has 0 bridgehead atoms. The van der Waals surface area contributed by atoms with Crippen molar-refractivity contribution in [1.82, 2.24) is 4.90 Å². The molecular formula is C22H34N2O3. The van der Waals surface area contributed by atoms with E-state index in [2.05, 4.69) is 17.1 Å². The van der Waals surface area contributed by atoms with Crippen molar-refractivity contribution in [1.29, 1.82) is 0 Å². The highest BCUT2D eigenvalue weighted by Gasteiger charge is 2.30. The van der Waals surface area contributed by atoms with Crippen LogP contribution in [0.1, 0.15) is 64.7 Å². The molecule has 5 nitrogen and oxygen atoms in total. The van der Waals surface area contributed by atoms with Crippen LogP contribution in [0.2, 0.25) is 0 Å². The average Bonchev–Trinajstić information content (AvgIpc) is 3.21. The van der Waals surface area contributed by atoms with Gasteiger partial charge in [-0.15, -0.1) is 0 Å². The molecule has 1 aliphatic heterocycles. The number of nitrogens with zero attached hydrogens (tertiary/aromatic N) is 1. The number of benzene rings is 1. The Kier molecular flexibility index (Phi) is 7.81. The van der Waals surface area contributed by atoms with Crippen molar-refractivity contribution in [2.45, 2.75) is 76.9 Å². The smallest absolute Gasteiger partial charge is 0.411 e. The van der Waals surface area contributed by atoms with E-state index in [1.54, 1.807) is 0 Å². The zero-order valence-corrected chi connectivity index (χ0v) is 16.6. The fraction of sp³-hybridized carbons (Fsp3) is 0.682. The lowest BCUT2D eigenvalue weighted by Crippen LogP contribution is -2.40. The number of ether oxygens (including phenoxy) is 2. The van der Waals surface area contributed by atoms with E-state index >= 15 is 0 Å². The quantitative estimate of drug-likeness (QED) is 0.635. The highest BCUT2D eigenvalue weighted by molar-refractivity contribution is 5.84. The lowest BCUT2D eigenvalue weighted by Gasteiger charge is -2.34. The van der Waals surface area contributed by atoms with Gasteiger partial charge in [-0.2, -0.15) is 0 Å². The first-order valence-corrected chi connectivity index (χ1v) is 10.7.